The smallest absolute Gasteiger partial charge is 0.338 e. The minimum atomic E-state index is -1.18. The van der Waals surface area contributed by atoms with E-state index in [2.05, 4.69) is 0 Å². The predicted molar refractivity (Wildman–Crippen MR) is 64.5 cm³/mol. The van der Waals surface area contributed by atoms with Gasteiger partial charge in [-0.05, 0) is 12.1 Å². The summed E-state index contributed by atoms with van der Waals surface area (Å²) >= 11 is 0. The fourth-order valence-corrected chi connectivity index (χ4v) is 1.94. The zero-order valence-electron chi connectivity index (χ0n) is 10.2. The molecule has 2 rings (SSSR count). The number of ether oxygens (including phenoxy) is 2. The fourth-order valence-electron chi connectivity index (χ4n) is 1.94. The SMILES string of the molecule is O=C(O[C@H](CO)[C@H]1OC[C@H](O)[C@H]1O)c1ccccc1. The Morgan fingerprint density at radius 2 is 2.05 bits per heavy atom. The van der Waals surface area contributed by atoms with Gasteiger partial charge in [-0.1, -0.05) is 18.2 Å². The molecule has 1 aliphatic rings. The summed E-state index contributed by atoms with van der Waals surface area (Å²) < 4.78 is 10.2. The average Bonchev–Trinajstić information content (AvgIpc) is 2.77. The van der Waals surface area contributed by atoms with Crippen molar-refractivity contribution in [1.29, 1.82) is 0 Å². The molecule has 1 saturated heterocycles. The van der Waals surface area contributed by atoms with Gasteiger partial charge in [-0.3, -0.25) is 0 Å². The number of benzene rings is 1. The molecule has 0 amide bonds. The molecule has 3 N–H and O–H groups in total. The highest BCUT2D eigenvalue weighted by Crippen LogP contribution is 2.20. The molecule has 6 heteroatoms. The van der Waals surface area contributed by atoms with E-state index in [1.165, 1.54) is 0 Å². The number of carbonyl (C=O) groups is 1. The van der Waals surface area contributed by atoms with Crippen LogP contribution in [0.2, 0.25) is 0 Å². The maximum absolute atomic E-state index is 11.8. The van der Waals surface area contributed by atoms with Crippen LogP contribution >= 0.6 is 0 Å². The van der Waals surface area contributed by atoms with Crippen molar-refractivity contribution in [3.05, 3.63) is 35.9 Å². The summed E-state index contributed by atoms with van der Waals surface area (Å²) in [5, 5.41) is 28.3. The van der Waals surface area contributed by atoms with Crippen molar-refractivity contribution < 1.29 is 29.6 Å². The van der Waals surface area contributed by atoms with Gasteiger partial charge in [0, 0.05) is 0 Å². The van der Waals surface area contributed by atoms with Crippen molar-refractivity contribution in [2.24, 2.45) is 0 Å². The zero-order chi connectivity index (χ0) is 13.8. The second-order valence-electron chi connectivity index (χ2n) is 4.35. The molecule has 0 aromatic heterocycles. The third-order valence-electron chi connectivity index (χ3n) is 3.00. The molecule has 1 aromatic rings. The van der Waals surface area contributed by atoms with E-state index >= 15 is 0 Å². The van der Waals surface area contributed by atoms with Crippen molar-refractivity contribution in [2.75, 3.05) is 13.2 Å². The molecule has 0 spiro atoms. The van der Waals surface area contributed by atoms with E-state index in [0.29, 0.717) is 5.56 Å². The molecule has 0 aliphatic carbocycles. The number of rotatable bonds is 4. The monoisotopic (exact) mass is 268 g/mol. The van der Waals surface area contributed by atoms with Crippen LogP contribution in [0.5, 0.6) is 0 Å². The molecule has 0 unspecified atom stereocenters. The summed E-state index contributed by atoms with van der Waals surface area (Å²) in [4.78, 5) is 11.8. The first-order valence-corrected chi connectivity index (χ1v) is 5.98. The molecule has 0 radical (unpaired) electrons. The van der Waals surface area contributed by atoms with Crippen LogP contribution in [0.4, 0.5) is 0 Å². The van der Waals surface area contributed by atoms with Gasteiger partial charge in [0.15, 0.2) is 6.10 Å². The van der Waals surface area contributed by atoms with Crippen LogP contribution in [-0.2, 0) is 9.47 Å². The Hall–Kier alpha value is -1.47. The summed E-state index contributed by atoms with van der Waals surface area (Å²) in [6, 6.07) is 8.31. The lowest BCUT2D eigenvalue weighted by atomic mass is 10.1. The van der Waals surface area contributed by atoms with E-state index in [1.807, 2.05) is 0 Å². The highest BCUT2D eigenvalue weighted by Gasteiger charge is 2.41. The summed E-state index contributed by atoms with van der Waals surface area (Å²) in [7, 11) is 0. The maximum atomic E-state index is 11.8. The molecule has 1 heterocycles. The Labute approximate surface area is 110 Å². The molecule has 104 valence electrons. The van der Waals surface area contributed by atoms with Crippen molar-refractivity contribution in [1.82, 2.24) is 0 Å². The first-order chi connectivity index (χ1) is 9.13. The molecular formula is C13H16O6. The van der Waals surface area contributed by atoms with Gasteiger partial charge in [0.1, 0.15) is 18.3 Å². The van der Waals surface area contributed by atoms with E-state index < -0.39 is 37.0 Å². The van der Waals surface area contributed by atoms with Crippen LogP contribution in [0.1, 0.15) is 10.4 Å². The van der Waals surface area contributed by atoms with E-state index in [4.69, 9.17) is 9.47 Å². The van der Waals surface area contributed by atoms with E-state index in [-0.39, 0.29) is 6.61 Å². The second kappa shape index (κ2) is 6.12. The van der Waals surface area contributed by atoms with Crippen molar-refractivity contribution >= 4 is 5.97 Å². The summed E-state index contributed by atoms with van der Waals surface area (Å²) in [5.74, 6) is -0.614. The summed E-state index contributed by atoms with van der Waals surface area (Å²) in [6.45, 7) is -0.543. The molecule has 19 heavy (non-hydrogen) atoms. The van der Waals surface area contributed by atoms with Crippen molar-refractivity contribution in [3.8, 4) is 0 Å². The Balaban J connectivity index is 2.02. The topological polar surface area (TPSA) is 96.2 Å². The summed E-state index contributed by atoms with van der Waals surface area (Å²) in [5.41, 5.74) is 0.342. The largest absolute Gasteiger partial charge is 0.453 e. The van der Waals surface area contributed by atoms with Crippen LogP contribution in [0, 0.1) is 0 Å². The third kappa shape index (κ3) is 3.10. The molecule has 0 bridgehead atoms. The van der Waals surface area contributed by atoms with Gasteiger partial charge in [0.2, 0.25) is 0 Å². The molecule has 1 aliphatic heterocycles. The quantitative estimate of drug-likeness (QED) is 0.626. The highest BCUT2D eigenvalue weighted by molar-refractivity contribution is 5.89. The van der Waals surface area contributed by atoms with Gasteiger partial charge in [0.05, 0.1) is 18.8 Å². The number of carbonyl (C=O) groups excluding carboxylic acids is 1. The van der Waals surface area contributed by atoms with Gasteiger partial charge in [-0.25, -0.2) is 4.79 Å². The first kappa shape index (κ1) is 14.0. The molecular weight excluding hydrogens is 252 g/mol. The predicted octanol–water partition coefficient (Wildman–Crippen LogP) is -0.675. The lowest BCUT2D eigenvalue weighted by Gasteiger charge is -2.23. The Bertz CT molecular complexity index is 420. The van der Waals surface area contributed by atoms with Crippen molar-refractivity contribution in [3.63, 3.8) is 0 Å². The molecule has 1 fully saturated rings. The van der Waals surface area contributed by atoms with E-state index in [0.717, 1.165) is 0 Å². The Kier molecular flexibility index (Phi) is 4.49. The van der Waals surface area contributed by atoms with E-state index in [1.54, 1.807) is 30.3 Å². The number of aliphatic hydroxyl groups is 3. The van der Waals surface area contributed by atoms with Gasteiger partial charge in [-0.15, -0.1) is 0 Å². The van der Waals surface area contributed by atoms with Crippen LogP contribution in [-0.4, -0.2) is 58.9 Å². The highest BCUT2D eigenvalue weighted by atomic mass is 16.6. The minimum Gasteiger partial charge on any atom is -0.453 e. The number of hydrogen-bond donors (Lipinski definition) is 3. The van der Waals surface area contributed by atoms with Crippen molar-refractivity contribution in [2.45, 2.75) is 24.4 Å². The standard InChI is InChI=1S/C13H16O6/c14-6-10(12-11(16)9(15)7-18-12)19-13(17)8-4-2-1-3-5-8/h1-5,9-12,14-16H,6-7H2/t9-,10+,11+,12+/m0/s1. The number of aliphatic hydroxyl groups excluding tert-OH is 3. The van der Waals surface area contributed by atoms with E-state index in [9.17, 15) is 20.1 Å². The second-order valence-corrected chi connectivity index (χ2v) is 4.35. The molecule has 4 atom stereocenters. The number of hydrogen-bond acceptors (Lipinski definition) is 6. The first-order valence-electron chi connectivity index (χ1n) is 5.98. The number of esters is 1. The van der Waals surface area contributed by atoms with Crippen LogP contribution in [0.15, 0.2) is 30.3 Å². The average molecular weight is 268 g/mol. The Morgan fingerprint density at radius 1 is 1.37 bits per heavy atom. The molecule has 1 aromatic carbocycles. The van der Waals surface area contributed by atoms with Crippen LogP contribution in [0.3, 0.4) is 0 Å². The maximum Gasteiger partial charge on any atom is 0.338 e. The van der Waals surface area contributed by atoms with Crippen LogP contribution in [0.25, 0.3) is 0 Å². The van der Waals surface area contributed by atoms with Gasteiger partial charge < -0.3 is 24.8 Å². The zero-order valence-corrected chi connectivity index (χ0v) is 10.2. The molecule has 6 nitrogen and oxygen atoms in total. The fraction of sp³-hybridized carbons (Fsp3) is 0.462. The molecule has 0 saturated carbocycles. The van der Waals surface area contributed by atoms with Gasteiger partial charge in [0.25, 0.3) is 0 Å². The summed E-state index contributed by atoms with van der Waals surface area (Å²) in [6.07, 6.45) is -4.15. The third-order valence-corrected chi connectivity index (χ3v) is 3.00. The van der Waals surface area contributed by atoms with Gasteiger partial charge >= 0.3 is 5.97 Å². The lowest BCUT2D eigenvalue weighted by molar-refractivity contribution is -0.0791. The normalized spacial score (nSPS) is 28.1. The lowest BCUT2D eigenvalue weighted by Crippen LogP contribution is -2.43. The minimum absolute atomic E-state index is 0.0504. The Morgan fingerprint density at radius 3 is 2.58 bits per heavy atom. The van der Waals surface area contributed by atoms with Crippen LogP contribution < -0.4 is 0 Å². The van der Waals surface area contributed by atoms with Gasteiger partial charge in [-0.2, -0.15) is 0 Å².